The first-order valence-electron chi connectivity index (χ1n) is 6.89. The van der Waals surface area contributed by atoms with Crippen molar-refractivity contribution < 1.29 is 9.59 Å². The number of thiocarbonyl (C=S) groups is 1. The minimum absolute atomic E-state index is 0.0210. The van der Waals surface area contributed by atoms with Crippen molar-refractivity contribution in [1.82, 2.24) is 5.32 Å². The van der Waals surface area contributed by atoms with Crippen molar-refractivity contribution in [3.8, 4) is 0 Å². The maximum absolute atomic E-state index is 12.8. The Labute approximate surface area is 162 Å². The van der Waals surface area contributed by atoms with E-state index in [9.17, 15) is 9.59 Å². The number of rotatable bonds is 2. The summed E-state index contributed by atoms with van der Waals surface area (Å²) >= 11 is 13.3. The second-order valence-corrected chi connectivity index (χ2v) is 6.94. The summed E-state index contributed by atoms with van der Waals surface area (Å²) in [5.74, 6) is -0.992. The number of benzene rings is 2. The van der Waals surface area contributed by atoms with Crippen LogP contribution in [0.25, 0.3) is 6.08 Å². The lowest BCUT2D eigenvalue weighted by Gasteiger charge is -2.29. The zero-order valence-electron chi connectivity index (χ0n) is 12.1. The topological polar surface area (TPSA) is 49.4 Å². The summed E-state index contributed by atoms with van der Waals surface area (Å²) in [5, 5.41) is 3.06. The molecule has 1 fully saturated rings. The molecule has 0 radical (unpaired) electrons. The van der Waals surface area contributed by atoms with Crippen molar-refractivity contribution >= 4 is 75.1 Å². The summed E-state index contributed by atoms with van der Waals surface area (Å²) in [6.45, 7) is 0. The Morgan fingerprint density at radius 2 is 1.88 bits per heavy atom. The van der Waals surface area contributed by atoms with Crippen LogP contribution >= 0.6 is 46.4 Å². The van der Waals surface area contributed by atoms with Gasteiger partial charge in [0.1, 0.15) is 5.57 Å². The lowest BCUT2D eigenvalue weighted by Crippen LogP contribution is -2.54. The average molecular weight is 469 g/mol. The minimum atomic E-state index is -0.511. The molecule has 1 N–H and O–H groups in total. The van der Waals surface area contributed by atoms with Gasteiger partial charge in [0.2, 0.25) is 0 Å². The van der Waals surface area contributed by atoms with Crippen LogP contribution in [0.1, 0.15) is 5.56 Å². The first-order valence-corrected chi connectivity index (χ1v) is 8.75. The highest BCUT2D eigenvalue weighted by molar-refractivity contribution is 14.1. The average Bonchev–Trinajstić information content (AvgIpc) is 2.53. The normalized spacial score (nSPS) is 16.5. The smallest absolute Gasteiger partial charge is 0.270 e. The molecule has 3 rings (SSSR count). The first-order chi connectivity index (χ1) is 11.5. The van der Waals surface area contributed by atoms with Crippen LogP contribution in [0.15, 0.2) is 54.1 Å². The first kappa shape index (κ1) is 17.1. The van der Waals surface area contributed by atoms with Gasteiger partial charge in [-0.25, -0.2) is 0 Å². The second-order valence-electron chi connectivity index (χ2n) is 4.96. The van der Waals surface area contributed by atoms with E-state index in [0.29, 0.717) is 10.7 Å². The molecule has 0 unspecified atom stereocenters. The van der Waals surface area contributed by atoms with Gasteiger partial charge in [0.15, 0.2) is 5.11 Å². The number of anilines is 1. The Morgan fingerprint density at radius 3 is 2.58 bits per heavy atom. The molecular weight excluding hydrogens is 459 g/mol. The third-order valence-corrected chi connectivity index (χ3v) is 4.88. The van der Waals surface area contributed by atoms with Gasteiger partial charge < -0.3 is 0 Å². The van der Waals surface area contributed by atoms with Crippen LogP contribution < -0.4 is 10.2 Å². The molecule has 0 bridgehead atoms. The van der Waals surface area contributed by atoms with E-state index in [1.54, 1.807) is 30.3 Å². The van der Waals surface area contributed by atoms with E-state index in [4.69, 9.17) is 23.8 Å². The molecule has 0 aromatic heterocycles. The molecule has 4 nitrogen and oxygen atoms in total. The zero-order chi connectivity index (χ0) is 17.3. The second kappa shape index (κ2) is 7.00. The van der Waals surface area contributed by atoms with Gasteiger partial charge in [-0.3, -0.25) is 19.8 Å². The zero-order valence-corrected chi connectivity index (χ0v) is 15.9. The summed E-state index contributed by atoms with van der Waals surface area (Å²) in [5.41, 5.74) is 1.31. The van der Waals surface area contributed by atoms with Crippen LogP contribution in [0.5, 0.6) is 0 Å². The number of amides is 2. The van der Waals surface area contributed by atoms with Crippen LogP contribution in [0.4, 0.5) is 5.69 Å². The van der Waals surface area contributed by atoms with E-state index >= 15 is 0 Å². The van der Waals surface area contributed by atoms with Gasteiger partial charge >= 0.3 is 0 Å². The van der Waals surface area contributed by atoms with E-state index in [1.807, 2.05) is 24.3 Å². The maximum atomic E-state index is 12.8. The number of carbonyl (C=O) groups is 2. The minimum Gasteiger partial charge on any atom is -0.298 e. The molecule has 1 saturated heterocycles. The molecule has 0 saturated carbocycles. The summed E-state index contributed by atoms with van der Waals surface area (Å²) in [7, 11) is 0. The fourth-order valence-corrected chi connectivity index (χ4v) is 3.26. The number of halogens is 2. The Morgan fingerprint density at radius 1 is 1.12 bits per heavy atom. The van der Waals surface area contributed by atoms with Crippen LogP contribution in [0.2, 0.25) is 5.02 Å². The maximum Gasteiger partial charge on any atom is 0.270 e. The Balaban J connectivity index is 2.05. The van der Waals surface area contributed by atoms with Crippen molar-refractivity contribution in [3.63, 3.8) is 0 Å². The predicted molar refractivity (Wildman–Crippen MR) is 107 cm³/mol. The Kier molecular flexibility index (Phi) is 4.98. The lowest BCUT2D eigenvalue weighted by atomic mass is 10.1. The number of hydrogen-bond donors (Lipinski definition) is 1. The molecule has 0 spiro atoms. The van der Waals surface area contributed by atoms with Gasteiger partial charge in [0, 0.05) is 8.59 Å². The predicted octanol–water partition coefficient (Wildman–Crippen LogP) is 3.78. The largest absolute Gasteiger partial charge is 0.298 e. The molecule has 1 aliphatic heterocycles. The SMILES string of the molecule is O=C1NC(=S)N(c2cccc(Cl)c2)C(=O)/C1=C/c1ccccc1I. The molecule has 2 aromatic carbocycles. The molecule has 2 amide bonds. The van der Waals surface area contributed by atoms with Crippen LogP contribution in [0.3, 0.4) is 0 Å². The summed E-state index contributed by atoms with van der Waals surface area (Å²) in [4.78, 5) is 26.3. The van der Waals surface area contributed by atoms with Gasteiger partial charge in [-0.15, -0.1) is 0 Å². The number of nitrogens with one attached hydrogen (secondary N) is 1. The quantitative estimate of drug-likeness (QED) is 0.316. The van der Waals surface area contributed by atoms with E-state index in [-0.39, 0.29) is 10.7 Å². The van der Waals surface area contributed by atoms with Crippen molar-refractivity contribution in [3.05, 3.63) is 68.3 Å². The number of carbonyl (C=O) groups excluding carboxylic acids is 2. The van der Waals surface area contributed by atoms with Crippen molar-refractivity contribution in [2.24, 2.45) is 0 Å². The molecule has 120 valence electrons. The molecule has 0 atom stereocenters. The Bertz CT molecular complexity index is 898. The van der Waals surface area contributed by atoms with Crippen LogP contribution in [0, 0.1) is 3.57 Å². The van der Waals surface area contributed by atoms with Crippen LogP contribution in [-0.4, -0.2) is 16.9 Å². The van der Waals surface area contributed by atoms with Crippen molar-refractivity contribution in [2.45, 2.75) is 0 Å². The summed E-state index contributed by atoms with van der Waals surface area (Å²) in [6, 6.07) is 14.2. The van der Waals surface area contributed by atoms with Gasteiger partial charge in [-0.05, 0) is 70.7 Å². The van der Waals surface area contributed by atoms with E-state index in [2.05, 4.69) is 27.9 Å². The molecule has 1 aliphatic rings. The fraction of sp³-hybridized carbons (Fsp3) is 0. The van der Waals surface area contributed by atoms with Gasteiger partial charge in [-0.2, -0.15) is 0 Å². The van der Waals surface area contributed by atoms with E-state index < -0.39 is 11.8 Å². The standard InChI is InChI=1S/C17H10ClIN2O2S/c18-11-5-3-6-12(9-11)21-16(23)13(15(22)20-17(21)24)8-10-4-1-2-7-14(10)19/h1-9H,(H,20,22,24)/b13-8+. The molecule has 7 heteroatoms. The molecule has 2 aromatic rings. The Hall–Kier alpha value is -1.77. The summed E-state index contributed by atoms with van der Waals surface area (Å²) in [6.07, 6.45) is 1.57. The van der Waals surface area contributed by atoms with Crippen LogP contribution in [-0.2, 0) is 9.59 Å². The number of hydrogen-bond acceptors (Lipinski definition) is 3. The molecule has 0 aliphatic carbocycles. The van der Waals surface area contributed by atoms with Crippen molar-refractivity contribution in [2.75, 3.05) is 4.90 Å². The fourth-order valence-electron chi connectivity index (χ4n) is 2.25. The third-order valence-electron chi connectivity index (χ3n) is 3.37. The highest BCUT2D eigenvalue weighted by atomic mass is 127. The van der Waals surface area contributed by atoms with E-state index in [0.717, 1.165) is 9.13 Å². The number of nitrogens with zero attached hydrogens (tertiary/aromatic N) is 1. The molecule has 24 heavy (non-hydrogen) atoms. The highest BCUT2D eigenvalue weighted by Crippen LogP contribution is 2.25. The van der Waals surface area contributed by atoms with Gasteiger partial charge in [0.25, 0.3) is 11.8 Å². The molecular formula is C17H10ClIN2O2S. The monoisotopic (exact) mass is 468 g/mol. The summed E-state index contributed by atoms with van der Waals surface area (Å²) < 4.78 is 0.936. The third kappa shape index (κ3) is 3.35. The highest BCUT2D eigenvalue weighted by Gasteiger charge is 2.34. The van der Waals surface area contributed by atoms with Crippen molar-refractivity contribution in [1.29, 1.82) is 0 Å². The lowest BCUT2D eigenvalue weighted by molar-refractivity contribution is -0.122. The van der Waals surface area contributed by atoms with Gasteiger partial charge in [-0.1, -0.05) is 35.9 Å². The van der Waals surface area contributed by atoms with E-state index in [1.165, 1.54) is 4.90 Å². The van der Waals surface area contributed by atoms with Gasteiger partial charge in [0.05, 0.1) is 5.69 Å². The molecule has 1 heterocycles.